The molecule has 0 radical (unpaired) electrons. The fourth-order valence-corrected chi connectivity index (χ4v) is 3.73. The molecule has 1 saturated heterocycles. The molecule has 0 aliphatic carbocycles. The molecule has 1 fully saturated rings. The van der Waals surface area contributed by atoms with Crippen molar-refractivity contribution >= 4 is 23.3 Å². The number of aromatic nitrogens is 2. The van der Waals surface area contributed by atoms with Crippen LogP contribution < -0.4 is 10.2 Å². The topological polar surface area (TPSA) is 94.3 Å². The van der Waals surface area contributed by atoms with Gasteiger partial charge in [0.2, 0.25) is 5.91 Å². The number of nitrogens with zero attached hydrogens (tertiary/aromatic N) is 5. The Hall–Kier alpha value is -3.55. The van der Waals surface area contributed by atoms with Crippen LogP contribution in [-0.4, -0.2) is 39.2 Å². The average Bonchev–Trinajstić information content (AvgIpc) is 3.27. The van der Waals surface area contributed by atoms with Gasteiger partial charge >= 0.3 is 6.03 Å². The van der Waals surface area contributed by atoms with Gasteiger partial charge in [-0.15, -0.1) is 0 Å². The Labute approximate surface area is 169 Å². The van der Waals surface area contributed by atoms with E-state index in [2.05, 4.69) is 16.5 Å². The SMILES string of the molecule is C[C@H]1Cn2ncc(N3C[C@@H](C#N)CC3=O)c2CN1C(=O)Nc1cc(F)c(F)c(F)c1. The fraction of sp³-hybridized carbons (Fsp3) is 0.368. The summed E-state index contributed by atoms with van der Waals surface area (Å²) in [5.41, 5.74) is 0.933. The van der Waals surface area contributed by atoms with Crippen LogP contribution in [0.3, 0.4) is 0 Å². The van der Waals surface area contributed by atoms with Gasteiger partial charge in [-0.25, -0.2) is 18.0 Å². The number of nitriles is 1. The summed E-state index contributed by atoms with van der Waals surface area (Å²) in [5.74, 6) is -5.02. The molecule has 0 saturated carbocycles. The molecule has 156 valence electrons. The number of amides is 3. The number of hydrogen-bond acceptors (Lipinski definition) is 4. The smallest absolute Gasteiger partial charge is 0.314 e. The van der Waals surface area contributed by atoms with Crippen molar-refractivity contribution < 1.29 is 22.8 Å². The molecule has 0 spiro atoms. The minimum Gasteiger partial charge on any atom is -0.314 e. The normalized spacial score (nSPS) is 20.8. The molecule has 4 rings (SSSR count). The van der Waals surface area contributed by atoms with Crippen LogP contribution in [0.2, 0.25) is 0 Å². The van der Waals surface area contributed by atoms with E-state index in [0.717, 1.165) is 0 Å². The van der Waals surface area contributed by atoms with Crippen molar-refractivity contribution in [1.29, 1.82) is 5.26 Å². The van der Waals surface area contributed by atoms with Crippen LogP contribution in [0.4, 0.5) is 29.3 Å². The molecule has 0 bridgehead atoms. The molecule has 8 nitrogen and oxygen atoms in total. The second-order valence-electron chi connectivity index (χ2n) is 7.35. The third-order valence-corrected chi connectivity index (χ3v) is 5.31. The fourth-order valence-electron chi connectivity index (χ4n) is 3.73. The predicted octanol–water partition coefficient (Wildman–Crippen LogP) is 2.61. The summed E-state index contributed by atoms with van der Waals surface area (Å²) in [6, 6.07) is 2.55. The van der Waals surface area contributed by atoms with Gasteiger partial charge in [-0.1, -0.05) is 0 Å². The lowest BCUT2D eigenvalue weighted by molar-refractivity contribution is -0.117. The van der Waals surface area contributed by atoms with Crippen LogP contribution in [0.5, 0.6) is 0 Å². The number of hydrogen-bond donors (Lipinski definition) is 1. The molecular formula is C19H17F3N6O2. The number of urea groups is 1. The van der Waals surface area contributed by atoms with Crippen molar-refractivity contribution in [3.05, 3.63) is 41.5 Å². The maximum Gasteiger partial charge on any atom is 0.322 e. The van der Waals surface area contributed by atoms with E-state index in [-0.39, 0.29) is 37.1 Å². The first-order valence-corrected chi connectivity index (χ1v) is 9.25. The standard InChI is InChI=1S/C19H17F3N6O2/c1-10-7-28-16(15(6-24-28)27-8-11(5-23)2-17(27)29)9-26(10)19(30)25-12-3-13(20)18(22)14(21)4-12/h3-4,6,10-11H,2,7-9H2,1H3,(H,25,30)/t10-,11+/m0/s1. The van der Waals surface area contributed by atoms with Crippen molar-refractivity contribution in [2.45, 2.75) is 32.5 Å². The summed E-state index contributed by atoms with van der Waals surface area (Å²) in [5, 5.41) is 15.8. The van der Waals surface area contributed by atoms with Gasteiger partial charge in [0.25, 0.3) is 0 Å². The van der Waals surface area contributed by atoms with E-state index in [1.807, 2.05) is 0 Å². The van der Waals surface area contributed by atoms with E-state index in [1.54, 1.807) is 11.6 Å². The largest absolute Gasteiger partial charge is 0.322 e. The summed E-state index contributed by atoms with van der Waals surface area (Å²) < 4.78 is 41.7. The van der Waals surface area contributed by atoms with E-state index in [0.29, 0.717) is 30.1 Å². The van der Waals surface area contributed by atoms with Gasteiger partial charge in [-0.2, -0.15) is 10.4 Å². The summed E-state index contributed by atoms with van der Waals surface area (Å²) in [6.07, 6.45) is 1.66. The maximum atomic E-state index is 13.4. The Kier molecular flexibility index (Phi) is 4.85. The van der Waals surface area contributed by atoms with Gasteiger partial charge in [0, 0.05) is 30.8 Å². The van der Waals surface area contributed by atoms with Crippen LogP contribution >= 0.6 is 0 Å². The molecule has 2 aromatic rings. The number of anilines is 2. The first-order chi connectivity index (χ1) is 14.3. The third-order valence-electron chi connectivity index (χ3n) is 5.31. The summed E-state index contributed by atoms with van der Waals surface area (Å²) in [7, 11) is 0. The number of fused-ring (bicyclic) bond motifs is 1. The maximum absolute atomic E-state index is 13.4. The van der Waals surface area contributed by atoms with Gasteiger partial charge in [-0.05, 0) is 6.92 Å². The molecule has 1 aromatic carbocycles. The number of rotatable bonds is 2. The summed E-state index contributed by atoms with van der Waals surface area (Å²) in [6.45, 7) is 2.47. The van der Waals surface area contributed by atoms with E-state index >= 15 is 0 Å². The van der Waals surface area contributed by atoms with E-state index in [4.69, 9.17) is 5.26 Å². The average molecular weight is 418 g/mol. The molecule has 11 heteroatoms. The zero-order valence-electron chi connectivity index (χ0n) is 15.9. The van der Waals surface area contributed by atoms with Crippen molar-refractivity contribution in [3.63, 3.8) is 0 Å². The summed E-state index contributed by atoms with van der Waals surface area (Å²) >= 11 is 0. The lowest BCUT2D eigenvalue weighted by Gasteiger charge is -2.35. The molecule has 0 unspecified atom stereocenters. The number of benzene rings is 1. The monoisotopic (exact) mass is 418 g/mol. The van der Waals surface area contributed by atoms with Crippen molar-refractivity contribution in [3.8, 4) is 6.07 Å². The molecule has 2 aliphatic rings. The highest BCUT2D eigenvalue weighted by molar-refractivity contribution is 5.96. The second-order valence-corrected chi connectivity index (χ2v) is 7.35. The Morgan fingerprint density at radius 2 is 1.97 bits per heavy atom. The number of carbonyl (C=O) groups excluding carboxylic acids is 2. The van der Waals surface area contributed by atoms with Crippen molar-refractivity contribution in [2.24, 2.45) is 5.92 Å². The predicted molar refractivity (Wildman–Crippen MR) is 98.6 cm³/mol. The van der Waals surface area contributed by atoms with Crippen LogP contribution in [0.1, 0.15) is 19.0 Å². The molecule has 2 atom stereocenters. The molecule has 3 heterocycles. The minimum atomic E-state index is -1.61. The lowest BCUT2D eigenvalue weighted by atomic mass is 10.1. The minimum absolute atomic E-state index is 0.0928. The van der Waals surface area contributed by atoms with E-state index in [1.165, 1.54) is 16.0 Å². The van der Waals surface area contributed by atoms with Crippen LogP contribution in [0, 0.1) is 34.7 Å². The quantitative estimate of drug-likeness (QED) is 0.759. The number of carbonyl (C=O) groups is 2. The molecular weight excluding hydrogens is 401 g/mol. The van der Waals surface area contributed by atoms with Gasteiger partial charge in [0.1, 0.15) is 0 Å². The Bertz CT molecular complexity index is 1060. The van der Waals surface area contributed by atoms with Gasteiger partial charge < -0.3 is 15.1 Å². The van der Waals surface area contributed by atoms with Crippen LogP contribution in [-0.2, 0) is 17.9 Å². The molecule has 2 aliphatic heterocycles. The third kappa shape index (κ3) is 3.34. The Balaban J connectivity index is 1.56. The van der Waals surface area contributed by atoms with Crippen molar-refractivity contribution in [1.82, 2.24) is 14.7 Å². The van der Waals surface area contributed by atoms with Crippen molar-refractivity contribution in [2.75, 3.05) is 16.8 Å². The molecule has 3 amide bonds. The molecule has 1 aromatic heterocycles. The van der Waals surface area contributed by atoms with Gasteiger partial charge in [0.15, 0.2) is 17.5 Å². The molecule has 30 heavy (non-hydrogen) atoms. The van der Waals surface area contributed by atoms with E-state index < -0.39 is 29.4 Å². The highest BCUT2D eigenvalue weighted by Gasteiger charge is 2.36. The highest BCUT2D eigenvalue weighted by Crippen LogP contribution is 2.31. The summed E-state index contributed by atoms with van der Waals surface area (Å²) in [4.78, 5) is 27.9. The highest BCUT2D eigenvalue weighted by atomic mass is 19.2. The Morgan fingerprint density at radius 3 is 2.60 bits per heavy atom. The Morgan fingerprint density at radius 1 is 1.27 bits per heavy atom. The number of nitrogens with one attached hydrogen (secondary N) is 1. The zero-order valence-corrected chi connectivity index (χ0v) is 15.9. The van der Waals surface area contributed by atoms with Gasteiger partial charge in [0.05, 0.1) is 48.7 Å². The van der Waals surface area contributed by atoms with Crippen LogP contribution in [0.15, 0.2) is 18.3 Å². The first kappa shape index (κ1) is 19.8. The molecule has 1 N–H and O–H groups in total. The lowest BCUT2D eigenvalue weighted by Crippen LogP contribution is -2.47. The van der Waals surface area contributed by atoms with Gasteiger partial charge in [-0.3, -0.25) is 9.48 Å². The van der Waals surface area contributed by atoms with Crippen LogP contribution in [0.25, 0.3) is 0 Å². The number of halogens is 3. The van der Waals surface area contributed by atoms with E-state index in [9.17, 15) is 22.8 Å². The zero-order chi connectivity index (χ0) is 21.6. The second kappa shape index (κ2) is 7.37. The first-order valence-electron chi connectivity index (χ1n) is 9.25.